The Balaban J connectivity index is 1.90. The van der Waals surface area contributed by atoms with Crippen LogP contribution >= 0.6 is 27.3 Å². The van der Waals surface area contributed by atoms with E-state index in [1.807, 2.05) is 0 Å². The van der Waals surface area contributed by atoms with Gasteiger partial charge in [0.1, 0.15) is 0 Å². The molecule has 3 aromatic rings. The van der Waals surface area contributed by atoms with Crippen LogP contribution in [0.4, 0.5) is 11.5 Å². The number of hydrogen-bond donors (Lipinski definition) is 0. The van der Waals surface area contributed by atoms with Crippen molar-refractivity contribution in [1.82, 2.24) is 9.38 Å². The van der Waals surface area contributed by atoms with E-state index in [9.17, 15) is 0 Å². The maximum atomic E-state index is 4.88. The molecule has 1 aliphatic rings. The summed E-state index contributed by atoms with van der Waals surface area (Å²) in [5.74, 6) is 1.74. The molecule has 3 heterocycles. The molecule has 1 aliphatic heterocycles. The Kier molecular flexibility index (Phi) is 3.27. The molecule has 108 valence electrons. The van der Waals surface area contributed by atoms with E-state index in [0.29, 0.717) is 5.92 Å². The molecule has 0 N–H and O–H groups in total. The van der Waals surface area contributed by atoms with Crippen LogP contribution in [0.3, 0.4) is 0 Å². The Bertz CT molecular complexity index is 792. The van der Waals surface area contributed by atoms with Gasteiger partial charge in [0, 0.05) is 29.1 Å². The smallest absolute Gasteiger partial charge is 0.195 e. The fourth-order valence-electron chi connectivity index (χ4n) is 3.16. The number of anilines is 2. The van der Waals surface area contributed by atoms with Crippen LogP contribution in [-0.4, -0.2) is 15.9 Å². The predicted octanol–water partition coefficient (Wildman–Crippen LogP) is 4.62. The Morgan fingerprint density at radius 1 is 1.38 bits per heavy atom. The zero-order chi connectivity index (χ0) is 14.4. The summed E-state index contributed by atoms with van der Waals surface area (Å²) in [5.41, 5.74) is 3.96. The largest absolute Gasteiger partial charge is 0.324 e. The lowest BCUT2D eigenvalue weighted by Gasteiger charge is -2.33. The minimum Gasteiger partial charge on any atom is -0.324 e. The van der Waals surface area contributed by atoms with Crippen LogP contribution in [0.5, 0.6) is 0 Å². The third-order valence-corrected chi connectivity index (χ3v) is 5.35. The highest BCUT2D eigenvalue weighted by Gasteiger charge is 2.27. The van der Waals surface area contributed by atoms with E-state index in [-0.39, 0.29) is 0 Å². The van der Waals surface area contributed by atoms with Crippen molar-refractivity contribution < 1.29 is 0 Å². The molecule has 0 spiro atoms. The monoisotopic (exact) mass is 361 g/mol. The summed E-state index contributed by atoms with van der Waals surface area (Å²) in [6, 6.07) is 8.71. The summed E-state index contributed by atoms with van der Waals surface area (Å²) in [5, 5.41) is 2.90. The molecule has 0 radical (unpaired) electrons. The van der Waals surface area contributed by atoms with Gasteiger partial charge in [-0.2, -0.15) is 0 Å². The first kappa shape index (κ1) is 13.3. The Morgan fingerprint density at radius 2 is 2.24 bits per heavy atom. The van der Waals surface area contributed by atoms with E-state index in [2.05, 4.69) is 68.0 Å². The molecule has 0 bridgehead atoms. The lowest BCUT2D eigenvalue weighted by Crippen LogP contribution is -2.31. The number of nitrogens with zero attached hydrogens (tertiary/aromatic N) is 3. The number of rotatable bonds is 2. The number of fused-ring (bicyclic) bond motifs is 2. The number of para-hydroxylation sites is 1. The van der Waals surface area contributed by atoms with Crippen LogP contribution < -0.4 is 4.90 Å². The third kappa shape index (κ3) is 2.10. The summed E-state index contributed by atoms with van der Waals surface area (Å²) >= 11 is 5.32. The van der Waals surface area contributed by atoms with Crippen molar-refractivity contribution in [2.24, 2.45) is 5.92 Å². The zero-order valence-corrected chi connectivity index (χ0v) is 14.2. The fraction of sp³-hybridized carbons (Fsp3) is 0.312. The molecular weight excluding hydrogens is 346 g/mol. The van der Waals surface area contributed by atoms with Crippen molar-refractivity contribution in [2.45, 2.75) is 18.7 Å². The van der Waals surface area contributed by atoms with Crippen LogP contribution in [0.2, 0.25) is 0 Å². The Hall–Kier alpha value is -1.33. The van der Waals surface area contributed by atoms with Gasteiger partial charge >= 0.3 is 0 Å². The van der Waals surface area contributed by atoms with Crippen molar-refractivity contribution in [3.63, 3.8) is 0 Å². The number of hydrogen-bond acceptors (Lipinski definition) is 3. The van der Waals surface area contributed by atoms with Gasteiger partial charge < -0.3 is 4.90 Å². The number of halogens is 1. The lowest BCUT2D eigenvalue weighted by molar-refractivity contribution is 0.560. The zero-order valence-electron chi connectivity index (χ0n) is 11.8. The summed E-state index contributed by atoms with van der Waals surface area (Å²) < 4.78 is 2.19. The number of aromatic nitrogens is 2. The number of imidazole rings is 1. The normalized spacial score (nSPS) is 18.2. The SMILES string of the molecule is CC1Cc2ccccc2N(c2nc3sccn3c2CBr)C1. The highest BCUT2D eigenvalue weighted by molar-refractivity contribution is 9.08. The molecule has 21 heavy (non-hydrogen) atoms. The van der Waals surface area contributed by atoms with Gasteiger partial charge in [0.15, 0.2) is 10.8 Å². The first-order valence-corrected chi connectivity index (χ1v) is 9.14. The van der Waals surface area contributed by atoms with E-state index in [1.165, 1.54) is 16.9 Å². The topological polar surface area (TPSA) is 20.5 Å². The van der Waals surface area contributed by atoms with Crippen LogP contribution in [0.25, 0.3) is 4.96 Å². The first-order chi connectivity index (χ1) is 10.3. The molecule has 0 saturated carbocycles. The molecule has 1 aromatic carbocycles. The van der Waals surface area contributed by atoms with Crippen molar-refractivity contribution >= 4 is 43.7 Å². The predicted molar refractivity (Wildman–Crippen MR) is 92.0 cm³/mol. The molecule has 0 amide bonds. The highest BCUT2D eigenvalue weighted by Crippen LogP contribution is 2.37. The van der Waals surface area contributed by atoms with Gasteiger partial charge in [-0.25, -0.2) is 4.98 Å². The molecule has 0 fully saturated rings. The molecule has 4 rings (SSSR count). The number of alkyl halides is 1. The third-order valence-electron chi connectivity index (χ3n) is 4.07. The van der Waals surface area contributed by atoms with Crippen LogP contribution in [0, 0.1) is 5.92 Å². The van der Waals surface area contributed by atoms with E-state index in [0.717, 1.165) is 29.1 Å². The first-order valence-electron chi connectivity index (χ1n) is 7.13. The van der Waals surface area contributed by atoms with Gasteiger partial charge in [-0.1, -0.05) is 41.1 Å². The van der Waals surface area contributed by atoms with E-state index in [1.54, 1.807) is 11.3 Å². The Labute approximate surface area is 136 Å². The summed E-state index contributed by atoms with van der Waals surface area (Å²) in [6.45, 7) is 3.34. The van der Waals surface area contributed by atoms with E-state index in [4.69, 9.17) is 4.98 Å². The molecule has 5 heteroatoms. The second-order valence-corrected chi connectivity index (χ2v) is 7.05. The van der Waals surface area contributed by atoms with E-state index < -0.39 is 0 Å². The molecule has 1 unspecified atom stereocenters. The van der Waals surface area contributed by atoms with Crippen LogP contribution in [0.15, 0.2) is 35.8 Å². The average Bonchev–Trinajstić information content (AvgIpc) is 3.06. The highest BCUT2D eigenvalue weighted by atomic mass is 79.9. The van der Waals surface area contributed by atoms with Gasteiger partial charge in [-0.15, -0.1) is 11.3 Å². The Morgan fingerprint density at radius 3 is 3.10 bits per heavy atom. The lowest BCUT2D eigenvalue weighted by atomic mass is 9.94. The number of thiazole rings is 1. The maximum Gasteiger partial charge on any atom is 0.195 e. The quantitative estimate of drug-likeness (QED) is 0.620. The molecule has 0 saturated heterocycles. The molecule has 3 nitrogen and oxygen atoms in total. The van der Waals surface area contributed by atoms with Gasteiger partial charge in [-0.3, -0.25) is 4.40 Å². The average molecular weight is 362 g/mol. The molecule has 0 aliphatic carbocycles. The second-order valence-electron chi connectivity index (χ2n) is 5.62. The van der Waals surface area contributed by atoms with Crippen molar-refractivity contribution in [3.8, 4) is 0 Å². The molecule has 2 aromatic heterocycles. The summed E-state index contributed by atoms with van der Waals surface area (Å²) in [7, 11) is 0. The maximum absolute atomic E-state index is 4.88. The van der Waals surface area contributed by atoms with Crippen molar-refractivity contribution in [3.05, 3.63) is 47.1 Å². The minimum atomic E-state index is 0.641. The van der Waals surface area contributed by atoms with Crippen molar-refractivity contribution in [1.29, 1.82) is 0 Å². The second kappa shape index (κ2) is 5.14. The minimum absolute atomic E-state index is 0.641. The van der Waals surface area contributed by atoms with Gasteiger partial charge in [0.05, 0.1) is 5.69 Å². The van der Waals surface area contributed by atoms with Crippen molar-refractivity contribution in [2.75, 3.05) is 11.4 Å². The van der Waals surface area contributed by atoms with Gasteiger partial charge in [-0.05, 0) is 24.0 Å². The standard InChI is InChI=1S/C16H16BrN3S/c1-11-8-12-4-2-3-5-13(12)20(10-11)15-14(9-17)19-6-7-21-16(19)18-15/h2-7,11H,8-10H2,1H3. The summed E-state index contributed by atoms with van der Waals surface area (Å²) in [6.07, 6.45) is 3.25. The number of benzene rings is 1. The summed E-state index contributed by atoms with van der Waals surface area (Å²) in [4.78, 5) is 8.33. The molecule has 1 atom stereocenters. The van der Waals surface area contributed by atoms with Gasteiger partial charge in [0.25, 0.3) is 0 Å². The van der Waals surface area contributed by atoms with E-state index >= 15 is 0 Å². The van der Waals surface area contributed by atoms with Gasteiger partial charge in [0.2, 0.25) is 0 Å². The molecular formula is C16H16BrN3S. The van der Waals surface area contributed by atoms with Crippen LogP contribution in [0.1, 0.15) is 18.2 Å². The van der Waals surface area contributed by atoms with Crippen LogP contribution in [-0.2, 0) is 11.8 Å². The fourth-order valence-corrected chi connectivity index (χ4v) is 4.41.